The molecule has 5 heteroatoms. The van der Waals surface area contributed by atoms with E-state index in [1.807, 2.05) is 19.1 Å². The molecular formula is C10H10N2OS2. The maximum absolute atomic E-state index is 11.0. The number of carbonyl (C=O) groups is 1. The number of anilines is 1. The second-order valence-corrected chi connectivity index (χ2v) is 5.51. The summed E-state index contributed by atoms with van der Waals surface area (Å²) in [4.78, 5) is 14.8. The Morgan fingerprint density at radius 1 is 1.27 bits per heavy atom. The molecule has 0 aliphatic rings. The van der Waals surface area contributed by atoms with Crippen LogP contribution in [-0.2, 0) is 0 Å². The predicted molar refractivity (Wildman–Crippen MR) is 65.3 cm³/mol. The van der Waals surface area contributed by atoms with Gasteiger partial charge >= 0.3 is 0 Å². The molecule has 4 N–H and O–H groups in total. The van der Waals surface area contributed by atoms with E-state index in [0.29, 0.717) is 10.6 Å². The Morgan fingerprint density at radius 3 is 2.47 bits per heavy atom. The minimum atomic E-state index is -0.461. The lowest BCUT2D eigenvalue weighted by molar-refractivity contribution is 0.100. The molecule has 0 atom stereocenters. The topological polar surface area (TPSA) is 69.1 Å². The van der Waals surface area contributed by atoms with Crippen molar-refractivity contribution >= 4 is 34.3 Å². The van der Waals surface area contributed by atoms with E-state index in [1.165, 1.54) is 16.2 Å². The summed E-state index contributed by atoms with van der Waals surface area (Å²) in [5.74, 6) is -0.461. The Labute approximate surface area is 95.3 Å². The minimum Gasteiger partial charge on any atom is -0.397 e. The number of aryl methyl sites for hydroxylation is 1. The van der Waals surface area contributed by atoms with Gasteiger partial charge in [0.25, 0.3) is 5.91 Å². The molecule has 0 unspecified atom stereocenters. The van der Waals surface area contributed by atoms with Crippen LogP contribution in [0, 0.1) is 6.92 Å². The van der Waals surface area contributed by atoms with Crippen molar-refractivity contribution in [2.75, 3.05) is 5.73 Å². The number of amides is 1. The number of thiophene rings is 2. The van der Waals surface area contributed by atoms with E-state index >= 15 is 0 Å². The molecule has 0 radical (unpaired) electrons. The van der Waals surface area contributed by atoms with Gasteiger partial charge in [0.15, 0.2) is 0 Å². The van der Waals surface area contributed by atoms with Gasteiger partial charge in [0, 0.05) is 14.6 Å². The van der Waals surface area contributed by atoms with Gasteiger partial charge in [0.2, 0.25) is 0 Å². The Hall–Kier alpha value is -1.33. The van der Waals surface area contributed by atoms with Crippen LogP contribution >= 0.6 is 22.7 Å². The van der Waals surface area contributed by atoms with Crippen molar-refractivity contribution in [2.45, 2.75) is 6.92 Å². The monoisotopic (exact) mass is 238 g/mol. The average Bonchev–Trinajstić information content (AvgIpc) is 2.71. The highest BCUT2D eigenvalue weighted by Crippen LogP contribution is 2.36. The van der Waals surface area contributed by atoms with Crippen molar-refractivity contribution in [3.8, 4) is 9.75 Å². The Kier molecular flexibility index (Phi) is 2.50. The number of nitrogens with two attached hydrogens (primary N) is 2. The second kappa shape index (κ2) is 3.67. The lowest BCUT2D eigenvalue weighted by Crippen LogP contribution is -2.10. The first-order valence-corrected chi connectivity index (χ1v) is 5.97. The Morgan fingerprint density at radius 2 is 2.00 bits per heavy atom. The summed E-state index contributed by atoms with van der Waals surface area (Å²) in [6.45, 7) is 2.04. The van der Waals surface area contributed by atoms with Gasteiger partial charge in [-0.3, -0.25) is 4.79 Å². The van der Waals surface area contributed by atoms with Gasteiger partial charge < -0.3 is 11.5 Å². The molecule has 2 rings (SSSR count). The fourth-order valence-electron chi connectivity index (χ4n) is 1.29. The standard InChI is InChI=1S/C10H10N2OS2/c1-5-2-3-7(14-5)8-4-6(11)9(15-8)10(12)13/h2-4H,11H2,1H3,(H2,12,13). The van der Waals surface area contributed by atoms with Crippen LogP contribution in [0.2, 0.25) is 0 Å². The van der Waals surface area contributed by atoms with E-state index in [1.54, 1.807) is 17.4 Å². The van der Waals surface area contributed by atoms with E-state index in [4.69, 9.17) is 11.5 Å². The minimum absolute atomic E-state index is 0.441. The zero-order chi connectivity index (χ0) is 11.0. The first-order valence-electron chi connectivity index (χ1n) is 4.34. The number of hydrogen-bond acceptors (Lipinski definition) is 4. The number of carbonyl (C=O) groups excluding carboxylic acids is 1. The third kappa shape index (κ3) is 1.88. The van der Waals surface area contributed by atoms with E-state index < -0.39 is 5.91 Å². The molecule has 15 heavy (non-hydrogen) atoms. The molecule has 1 amide bonds. The van der Waals surface area contributed by atoms with Crippen molar-refractivity contribution < 1.29 is 4.79 Å². The van der Waals surface area contributed by atoms with Gasteiger partial charge in [-0.15, -0.1) is 22.7 Å². The van der Waals surface area contributed by atoms with Crippen LogP contribution in [0.3, 0.4) is 0 Å². The van der Waals surface area contributed by atoms with Crippen LogP contribution in [0.1, 0.15) is 14.5 Å². The zero-order valence-corrected chi connectivity index (χ0v) is 9.74. The molecule has 3 nitrogen and oxygen atoms in total. The van der Waals surface area contributed by atoms with Crippen molar-refractivity contribution in [1.29, 1.82) is 0 Å². The molecule has 2 aromatic heterocycles. The molecule has 2 heterocycles. The highest BCUT2D eigenvalue weighted by atomic mass is 32.1. The third-order valence-corrected chi connectivity index (χ3v) is 4.33. The maximum Gasteiger partial charge on any atom is 0.260 e. The van der Waals surface area contributed by atoms with E-state index in [-0.39, 0.29) is 0 Å². The first kappa shape index (κ1) is 10.2. The second-order valence-electron chi connectivity index (χ2n) is 3.17. The quantitative estimate of drug-likeness (QED) is 0.843. The largest absolute Gasteiger partial charge is 0.397 e. The number of hydrogen-bond donors (Lipinski definition) is 2. The summed E-state index contributed by atoms with van der Waals surface area (Å²) in [6, 6.07) is 5.87. The van der Waals surface area contributed by atoms with Gasteiger partial charge in [0.1, 0.15) is 4.88 Å². The van der Waals surface area contributed by atoms with Gasteiger partial charge in [0.05, 0.1) is 5.69 Å². The van der Waals surface area contributed by atoms with Crippen LogP contribution in [0.15, 0.2) is 18.2 Å². The smallest absolute Gasteiger partial charge is 0.260 e. The first-order chi connectivity index (χ1) is 7.08. The summed E-state index contributed by atoms with van der Waals surface area (Å²) >= 11 is 3.02. The van der Waals surface area contributed by atoms with Crippen molar-refractivity contribution in [3.63, 3.8) is 0 Å². The third-order valence-electron chi connectivity index (χ3n) is 1.97. The number of rotatable bonds is 2. The summed E-state index contributed by atoms with van der Waals surface area (Å²) < 4.78 is 0. The highest BCUT2D eigenvalue weighted by Gasteiger charge is 2.13. The molecule has 0 aliphatic carbocycles. The summed E-state index contributed by atoms with van der Waals surface area (Å²) in [7, 11) is 0. The van der Waals surface area contributed by atoms with E-state index in [0.717, 1.165) is 9.75 Å². The lowest BCUT2D eigenvalue weighted by Gasteiger charge is -1.88. The van der Waals surface area contributed by atoms with Crippen LogP contribution in [0.5, 0.6) is 0 Å². The lowest BCUT2D eigenvalue weighted by atomic mass is 10.3. The van der Waals surface area contributed by atoms with Gasteiger partial charge in [-0.25, -0.2) is 0 Å². The fourth-order valence-corrected chi connectivity index (χ4v) is 3.17. The van der Waals surface area contributed by atoms with Gasteiger partial charge in [-0.2, -0.15) is 0 Å². The molecule has 0 fully saturated rings. The molecule has 0 saturated heterocycles. The molecule has 2 aromatic rings. The van der Waals surface area contributed by atoms with Gasteiger partial charge in [-0.05, 0) is 25.1 Å². The number of primary amides is 1. The number of nitrogen functional groups attached to an aromatic ring is 1. The molecule has 0 bridgehead atoms. The van der Waals surface area contributed by atoms with Crippen LogP contribution in [0.25, 0.3) is 9.75 Å². The average molecular weight is 238 g/mol. The molecular weight excluding hydrogens is 228 g/mol. The predicted octanol–water partition coefficient (Wildman–Crippen LogP) is 2.47. The summed E-state index contributed by atoms with van der Waals surface area (Å²) in [6.07, 6.45) is 0. The van der Waals surface area contributed by atoms with Crippen LogP contribution in [-0.4, -0.2) is 5.91 Å². The molecule has 0 spiro atoms. The SMILES string of the molecule is Cc1ccc(-c2cc(N)c(C(N)=O)s2)s1. The molecule has 78 valence electrons. The molecule has 0 aliphatic heterocycles. The van der Waals surface area contributed by atoms with Crippen LogP contribution in [0.4, 0.5) is 5.69 Å². The van der Waals surface area contributed by atoms with Gasteiger partial charge in [-0.1, -0.05) is 0 Å². The van der Waals surface area contributed by atoms with Crippen molar-refractivity contribution in [2.24, 2.45) is 5.73 Å². The Balaban J connectivity index is 2.46. The zero-order valence-electron chi connectivity index (χ0n) is 8.11. The summed E-state index contributed by atoms with van der Waals surface area (Å²) in [5, 5.41) is 0. The maximum atomic E-state index is 11.0. The highest BCUT2D eigenvalue weighted by molar-refractivity contribution is 7.23. The van der Waals surface area contributed by atoms with Crippen molar-refractivity contribution in [1.82, 2.24) is 0 Å². The summed E-state index contributed by atoms with van der Waals surface area (Å²) in [5.41, 5.74) is 11.4. The normalized spacial score (nSPS) is 10.5. The van der Waals surface area contributed by atoms with Crippen molar-refractivity contribution in [3.05, 3.63) is 28.0 Å². The van der Waals surface area contributed by atoms with Crippen LogP contribution < -0.4 is 11.5 Å². The fraction of sp³-hybridized carbons (Fsp3) is 0.100. The molecule has 0 saturated carbocycles. The van der Waals surface area contributed by atoms with E-state index in [2.05, 4.69) is 0 Å². The molecule has 0 aromatic carbocycles. The Bertz CT molecular complexity index is 513. The van der Waals surface area contributed by atoms with E-state index in [9.17, 15) is 4.79 Å².